The summed E-state index contributed by atoms with van der Waals surface area (Å²) in [5, 5.41) is 0. The van der Waals surface area contributed by atoms with Gasteiger partial charge in [0.2, 0.25) is 0 Å². The predicted octanol–water partition coefficient (Wildman–Crippen LogP) is 3.59. The van der Waals surface area contributed by atoms with Crippen LogP contribution in [0.3, 0.4) is 0 Å². The number of benzene rings is 2. The summed E-state index contributed by atoms with van der Waals surface area (Å²) < 4.78 is 25.4. The van der Waals surface area contributed by atoms with Crippen molar-refractivity contribution < 1.29 is 18.7 Å². The third kappa shape index (κ3) is 2.65. The smallest absolute Gasteiger partial charge is 0.257 e. The molecule has 0 aliphatic carbocycles. The lowest BCUT2D eigenvalue weighted by Crippen LogP contribution is -2.38. The minimum Gasteiger partial charge on any atom is -0.493 e. The number of ether oxygens (including phenoxy) is 2. The van der Waals surface area contributed by atoms with Gasteiger partial charge < -0.3 is 14.4 Å². The van der Waals surface area contributed by atoms with E-state index in [4.69, 9.17) is 9.47 Å². The molecule has 0 radical (unpaired) electrons. The van der Waals surface area contributed by atoms with Gasteiger partial charge in [-0.1, -0.05) is 24.3 Å². The van der Waals surface area contributed by atoms with Crippen LogP contribution in [0.5, 0.6) is 11.5 Å². The van der Waals surface area contributed by atoms with Gasteiger partial charge in [-0.05, 0) is 36.6 Å². The van der Waals surface area contributed by atoms with Crippen LogP contribution in [0.1, 0.15) is 17.5 Å². The molecular formula is C20H18FNO3. The van der Waals surface area contributed by atoms with E-state index in [1.807, 2.05) is 24.3 Å². The van der Waals surface area contributed by atoms with Crippen molar-refractivity contribution in [1.82, 2.24) is 0 Å². The summed E-state index contributed by atoms with van der Waals surface area (Å²) in [7, 11) is 1.58. The molecule has 2 heterocycles. The van der Waals surface area contributed by atoms with E-state index >= 15 is 0 Å². The Kier molecular flexibility index (Phi) is 3.92. The highest BCUT2D eigenvalue weighted by molar-refractivity contribution is 6.09. The molecule has 0 atom stereocenters. The number of nitrogens with zero attached hydrogens (tertiary/aromatic N) is 1. The molecule has 0 fully saturated rings. The van der Waals surface area contributed by atoms with Gasteiger partial charge in [0.15, 0.2) is 11.5 Å². The first-order valence-corrected chi connectivity index (χ1v) is 8.28. The van der Waals surface area contributed by atoms with Gasteiger partial charge in [-0.25, -0.2) is 4.39 Å². The van der Waals surface area contributed by atoms with Crippen LogP contribution in [0.15, 0.2) is 42.0 Å². The fourth-order valence-electron chi connectivity index (χ4n) is 3.44. The molecule has 2 aliphatic heterocycles. The van der Waals surface area contributed by atoms with E-state index < -0.39 is 0 Å². The second-order valence-electron chi connectivity index (χ2n) is 6.14. The molecule has 25 heavy (non-hydrogen) atoms. The summed E-state index contributed by atoms with van der Waals surface area (Å²) in [6.45, 7) is 0.654. The van der Waals surface area contributed by atoms with Crippen LogP contribution in [-0.2, 0) is 11.2 Å². The Morgan fingerprint density at radius 2 is 2.08 bits per heavy atom. The summed E-state index contributed by atoms with van der Waals surface area (Å²) in [5.74, 6) is 0.700. The first-order valence-electron chi connectivity index (χ1n) is 8.28. The van der Waals surface area contributed by atoms with Crippen molar-refractivity contribution in [3.05, 3.63) is 58.9 Å². The number of para-hydroxylation sites is 2. The molecular weight excluding hydrogens is 321 g/mol. The van der Waals surface area contributed by atoms with Crippen molar-refractivity contribution in [2.24, 2.45) is 0 Å². The van der Waals surface area contributed by atoms with E-state index in [1.165, 1.54) is 11.0 Å². The zero-order valence-electron chi connectivity index (χ0n) is 13.9. The van der Waals surface area contributed by atoms with Gasteiger partial charge in [-0.15, -0.1) is 0 Å². The SMILES string of the molecule is COc1cccc2c1OCC(C(=O)N1CCCc3cccc(F)c31)=C2. The molecule has 5 heteroatoms. The number of halogens is 1. The second-order valence-corrected chi connectivity index (χ2v) is 6.14. The zero-order chi connectivity index (χ0) is 17.4. The van der Waals surface area contributed by atoms with E-state index in [2.05, 4.69) is 0 Å². The lowest BCUT2D eigenvalue weighted by molar-refractivity contribution is -0.115. The fraction of sp³-hybridized carbons (Fsp3) is 0.250. The molecule has 1 amide bonds. The Balaban J connectivity index is 1.70. The van der Waals surface area contributed by atoms with Gasteiger partial charge in [0.1, 0.15) is 12.4 Å². The maximum absolute atomic E-state index is 14.3. The number of aryl methyl sites for hydroxylation is 1. The van der Waals surface area contributed by atoms with Crippen LogP contribution in [0, 0.1) is 5.82 Å². The van der Waals surface area contributed by atoms with Gasteiger partial charge in [-0.2, -0.15) is 0 Å². The highest BCUT2D eigenvalue weighted by Gasteiger charge is 2.29. The second kappa shape index (κ2) is 6.24. The van der Waals surface area contributed by atoms with Gasteiger partial charge in [0, 0.05) is 12.1 Å². The summed E-state index contributed by atoms with van der Waals surface area (Å²) in [6.07, 6.45) is 3.41. The van der Waals surface area contributed by atoms with Gasteiger partial charge in [-0.3, -0.25) is 4.79 Å². The van der Waals surface area contributed by atoms with Gasteiger partial charge in [0.25, 0.3) is 5.91 Å². The minimum absolute atomic E-state index is 0.145. The first kappa shape index (κ1) is 15.7. The summed E-state index contributed by atoms with van der Waals surface area (Å²) >= 11 is 0. The van der Waals surface area contributed by atoms with Crippen molar-refractivity contribution in [1.29, 1.82) is 0 Å². The topological polar surface area (TPSA) is 38.8 Å². The molecule has 0 bridgehead atoms. The average Bonchev–Trinajstić information content (AvgIpc) is 2.66. The molecule has 2 aliphatic rings. The van der Waals surface area contributed by atoms with E-state index in [-0.39, 0.29) is 18.3 Å². The van der Waals surface area contributed by atoms with E-state index in [1.54, 1.807) is 19.3 Å². The number of rotatable bonds is 2. The van der Waals surface area contributed by atoms with Crippen LogP contribution < -0.4 is 14.4 Å². The number of hydrogen-bond donors (Lipinski definition) is 0. The molecule has 0 spiro atoms. The third-order valence-corrected chi connectivity index (χ3v) is 4.62. The number of carbonyl (C=O) groups excluding carboxylic acids is 1. The third-order valence-electron chi connectivity index (χ3n) is 4.62. The summed E-state index contributed by atoms with van der Waals surface area (Å²) in [5.41, 5.74) is 2.58. The van der Waals surface area contributed by atoms with Crippen molar-refractivity contribution in [2.45, 2.75) is 12.8 Å². The fourth-order valence-corrected chi connectivity index (χ4v) is 3.44. The molecule has 2 aromatic rings. The molecule has 2 aromatic carbocycles. The van der Waals surface area contributed by atoms with Crippen LogP contribution in [0.4, 0.5) is 10.1 Å². The number of carbonyl (C=O) groups is 1. The highest BCUT2D eigenvalue weighted by Crippen LogP contribution is 2.37. The van der Waals surface area contributed by atoms with E-state index in [9.17, 15) is 9.18 Å². The van der Waals surface area contributed by atoms with Crippen LogP contribution in [0.2, 0.25) is 0 Å². The standard InChI is InChI=1S/C20H18FNO3/c1-24-17-9-3-6-14-11-15(12-25-19(14)17)20(23)22-10-4-7-13-5-2-8-16(21)18(13)22/h2-3,5-6,8-9,11H,4,7,10,12H2,1H3. The molecule has 0 saturated heterocycles. The Morgan fingerprint density at radius 1 is 1.24 bits per heavy atom. The first-order chi connectivity index (χ1) is 12.2. The maximum atomic E-state index is 14.3. The van der Waals surface area contributed by atoms with Gasteiger partial charge >= 0.3 is 0 Å². The summed E-state index contributed by atoms with van der Waals surface area (Å²) in [4.78, 5) is 14.5. The van der Waals surface area contributed by atoms with Crippen molar-refractivity contribution in [3.63, 3.8) is 0 Å². The molecule has 0 aromatic heterocycles. The number of anilines is 1. The molecule has 0 N–H and O–H groups in total. The quantitative estimate of drug-likeness (QED) is 0.839. The molecule has 0 unspecified atom stereocenters. The zero-order valence-corrected chi connectivity index (χ0v) is 13.9. The Morgan fingerprint density at radius 3 is 2.92 bits per heavy atom. The number of hydrogen-bond acceptors (Lipinski definition) is 3. The molecule has 4 rings (SSSR count). The highest BCUT2D eigenvalue weighted by atomic mass is 19.1. The lowest BCUT2D eigenvalue weighted by atomic mass is 9.99. The van der Waals surface area contributed by atoms with Crippen molar-refractivity contribution in [3.8, 4) is 11.5 Å². The molecule has 128 valence electrons. The normalized spacial score (nSPS) is 15.6. The Bertz CT molecular complexity index is 875. The Labute approximate surface area is 145 Å². The number of amides is 1. The lowest BCUT2D eigenvalue weighted by Gasteiger charge is -2.31. The Hall–Kier alpha value is -2.82. The minimum atomic E-state index is -0.357. The van der Waals surface area contributed by atoms with E-state index in [0.29, 0.717) is 29.3 Å². The van der Waals surface area contributed by atoms with Crippen LogP contribution in [-0.4, -0.2) is 26.2 Å². The summed E-state index contributed by atoms with van der Waals surface area (Å²) in [6, 6.07) is 10.5. The predicted molar refractivity (Wildman–Crippen MR) is 93.5 cm³/mol. The van der Waals surface area contributed by atoms with Crippen LogP contribution in [0.25, 0.3) is 6.08 Å². The van der Waals surface area contributed by atoms with Crippen molar-refractivity contribution in [2.75, 3.05) is 25.2 Å². The average molecular weight is 339 g/mol. The molecule has 4 nitrogen and oxygen atoms in total. The van der Waals surface area contributed by atoms with Gasteiger partial charge in [0.05, 0.1) is 18.4 Å². The number of fused-ring (bicyclic) bond motifs is 2. The monoisotopic (exact) mass is 339 g/mol. The van der Waals surface area contributed by atoms with Crippen molar-refractivity contribution >= 4 is 17.7 Å². The molecule has 0 saturated carbocycles. The number of methoxy groups -OCH3 is 1. The van der Waals surface area contributed by atoms with E-state index in [0.717, 1.165) is 24.0 Å². The van der Waals surface area contributed by atoms with Crippen LogP contribution >= 0.6 is 0 Å². The maximum Gasteiger partial charge on any atom is 0.257 e. The largest absolute Gasteiger partial charge is 0.493 e.